The molecule has 4 heteroatoms. The van der Waals surface area contributed by atoms with Crippen molar-refractivity contribution < 1.29 is 8.42 Å². The first-order chi connectivity index (χ1) is 5.79. The fraction of sp³-hybridized carbons (Fsp3) is 0. The van der Waals surface area contributed by atoms with E-state index in [9.17, 15) is 8.42 Å². The lowest BCUT2D eigenvalue weighted by Gasteiger charge is -1.91. The number of aromatic nitrogens is 1. The van der Waals surface area contributed by atoms with Gasteiger partial charge >= 0.3 is 0 Å². The molecule has 0 aliphatic heterocycles. The molecule has 0 spiro atoms. The summed E-state index contributed by atoms with van der Waals surface area (Å²) >= 11 is 0. The Kier molecular flexibility index (Phi) is 1.62. The minimum Gasteiger partial charge on any atom is -0.323 e. The summed E-state index contributed by atoms with van der Waals surface area (Å²) in [4.78, 5) is 0.380. The van der Waals surface area contributed by atoms with E-state index in [1.54, 1.807) is 22.7 Å². The summed E-state index contributed by atoms with van der Waals surface area (Å²) in [6.45, 7) is 0. The molecule has 0 unspecified atom stereocenters. The minimum absolute atomic E-state index is 0.380. The van der Waals surface area contributed by atoms with Gasteiger partial charge in [-0.1, -0.05) is 6.07 Å². The maximum Gasteiger partial charge on any atom is 0.170 e. The van der Waals surface area contributed by atoms with Crippen LogP contribution in [0.4, 0.5) is 0 Å². The normalized spacial score (nSPS) is 11.1. The molecule has 2 aromatic rings. The van der Waals surface area contributed by atoms with E-state index >= 15 is 0 Å². The van der Waals surface area contributed by atoms with Gasteiger partial charge in [-0.25, -0.2) is 8.42 Å². The lowest BCUT2D eigenvalue weighted by Crippen LogP contribution is -1.81. The Bertz CT molecular complexity index is 477. The Labute approximate surface area is 71.2 Å². The molecule has 2 rings (SSSR count). The first kappa shape index (κ1) is 7.36. The molecule has 12 heavy (non-hydrogen) atoms. The van der Waals surface area contributed by atoms with Gasteiger partial charge in [0.2, 0.25) is 0 Å². The third-order valence-corrected chi connectivity index (χ3v) is 2.51. The summed E-state index contributed by atoms with van der Waals surface area (Å²) in [5.41, 5.74) is 0.730. The molecule has 0 N–H and O–H groups in total. The predicted octanol–water partition coefficient (Wildman–Crippen LogP) is 0.910. The summed E-state index contributed by atoms with van der Waals surface area (Å²) in [5, 5.41) is 0. The van der Waals surface area contributed by atoms with Crippen LogP contribution in [0.3, 0.4) is 0 Å². The van der Waals surface area contributed by atoms with Crippen molar-refractivity contribution >= 4 is 16.2 Å². The van der Waals surface area contributed by atoms with Crippen LogP contribution in [0.15, 0.2) is 41.6 Å². The number of thiol groups is 1. The van der Waals surface area contributed by atoms with E-state index in [1.807, 2.05) is 18.3 Å². The van der Waals surface area contributed by atoms with E-state index in [4.69, 9.17) is 0 Å². The highest BCUT2D eigenvalue weighted by atomic mass is 32.2. The SMILES string of the molecule is O=[SH](=O)c1ccn2ccccc12. The second kappa shape index (κ2) is 2.64. The lowest BCUT2D eigenvalue weighted by atomic mass is 10.4. The van der Waals surface area contributed by atoms with Gasteiger partial charge in [-0.3, -0.25) is 0 Å². The Morgan fingerprint density at radius 1 is 1.08 bits per heavy atom. The Balaban J connectivity index is 2.87. The summed E-state index contributed by atoms with van der Waals surface area (Å²) in [5.74, 6) is 0. The number of hydrogen-bond acceptors (Lipinski definition) is 2. The zero-order valence-electron chi connectivity index (χ0n) is 6.18. The molecule has 0 fully saturated rings. The van der Waals surface area contributed by atoms with Crippen LogP contribution in [-0.4, -0.2) is 12.8 Å². The van der Waals surface area contributed by atoms with Gasteiger partial charge in [0.25, 0.3) is 0 Å². The molecule has 2 aromatic heterocycles. The highest BCUT2D eigenvalue weighted by molar-refractivity contribution is 7.72. The van der Waals surface area contributed by atoms with Gasteiger partial charge in [0.05, 0.1) is 10.4 Å². The Morgan fingerprint density at radius 2 is 1.92 bits per heavy atom. The maximum atomic E-state index is 10.7. The second-order valence-electron chi connectivity index (χ2n) is 2.45. The predicted molar refractivity (Wildman–Crippen MR) is 46.0 cm³/mol. The number of fused-ring (bicyclic) bond motifs is 1. The van der Waals surface area contributed by atoms with Crippen molar-refractivity contribution in [1.29, 1.82) is 0 Å². The van der Waals surface area contributed by atoms with Crippen molar-refractivity contribution in [2.24, 2.45) is 0 Å². The largest absolute Gasteiger partial charge is 0.323 e. The highest BCUT2D eigenvalue weighted by Crippen LogP contribution is 2.12. The summed E-state index contributed by atoms with van der Waals surface area (Å²) < 4.78 is 23.2. The quantitative estimate of drug-likeness (QED) is 0.664. The molecule has 62 valence electrons. The molecule has 0 saturated carbocycles. The molecule has 0 aliphatic rings. The van der Waals surface area contributed by atoms with Crippen LogP contribution in [0.5, 0.6) is 0 Å². The van der Waals surface area contributed by atoms with E-state index in [-0.39, 0.29) is 0 Å². The van der Waals surface area contributed by atoms with E-state index in [1.165, 1.54) is 0 Å². The molecule has 0 atom stereocenters. The van der Waals surface area contributed by atoms with Crippen molar-refractivity contribution in [2.45, 2.75) is 4.90 Å². The molecule has 0 radical (unpaired) electrons. The average Bonchev–Trinajstić information content (AvgIpc) is 2.47. The van der Waals surface area contributed by atoms with E-state index in [0.29, 0.717) is 4.90 Å². The number of rotatable bonds is 1. The van der Waals surface area contributed by atoms with Crippen LogP contribution in [0.25, 0.3) is 5.52 Å². The van der Waals surface area contributed by atoms with Gasteiger partial charge in [-0.2, -0.15) is 0 Å². The lowest BCUT2D eigenvalue weighted by molar-refractivity contribution is 0.615. The monoisotopic (exact) mass is 181 g/mol. The molecule has 0 aliphatic carbocycles. The van der Waals surface area contributed by atoms with Crippen LogP contribution < -0.4 is 0 Å². The fourth-order valence-corrected chi connectivity index (χ4v) is 1.76. The molecular weight excluding hydrogens is 174 g/mol. The van der Waals surface area contributed by atoms with Crippen molar-refractivity contribution in [3.8, 4) is 0 Å². The van der Waals surface area contributed by atoms with E-state index < -0.39 is 10.7 Å². The standard InChI is InChI=1S/C8H7NO2S/c10-12(11)8-4-6-9-5-2-1-3-7(8)9/h1-6,12H. The zero-order chi connectivity index (χ0) is 8.55. The van der Waals surface area contributed by atoms with Gasteiger partial charge in [-0.05, 0) is 18.2 Å². The summed E-state index contributed by atoms with van der Waals surface area (Å²) in [6.07, 6.45) is 3.55. The fourth-order valence-electron chi connectivity index (χ4n) is 1.19. The van der Waals surface area contributed by atoms with Crippen molar-refractivity contribution in [2.75, 3.05) is 0 Å². The molecule has 0 amide bonds. The van der Waals surface area contributed by atoms with Crippen molar-refractivity contribution in [3.05, 3.63) is 36.7 Å². The average molecular weight is 181 g/mol. The van der Waals surface area contributed by atoms with Crippen LogP contribution in [0.1, 0.15) is 0 Å². The summed E-state index contributed by atoms with van der Waals surface area (Å²) in [7, 11) is -2.48. The van der Waals surface area contributed by atoms with Gasteiger partial charge in [-0.15, -0.1) is 0 Å². The third-order valence-electron chi connectivity index (χ3n) is 1.74. The zero-order valence-corrected chi connectivity index (χ0v) is 7.07. The molecule has 0 saturated heterocycles. The van der Waals surface area contributed by atoms with Gasteiger partial charge in [0.15, 0.2) is 10.7 Å². The van der Waals surface area contributed by atoms with Crippen molar-refractivity contribution in [1.82, 2.24) is 4.40 Å². The molecule has 0 bridgehead atoms. The van der Waals surface area contributed by atoms with E-state index in [0.717, 1.165) is 5.52 Å². The van der Waals surface area contributed by atoms with Crippen molar-refractivity contribution in [3.63, 3.8) is 0 Å². The maximum absolute atomic E-state index is 10.7. The van der Waals surface area contributed by atoms with Crippen LogP contribution >= 0.6 is 0 Å². The van der Waals surface area contributed by atoms with Gasteiger partial charge in [0.1, 0.15) is 0 Å². The minimum atomic E-state index is -2.48. The summed E-state index contributed by atoms with van der Waals surface area (Å²) in [6, 6.07) is 7.05. The smallest absolute Gasteiger partial charge is 0.170 e. The van der Waals surface area contributed by atoms with E-state index in [2.05, 4.69) is 0 Å². The first-order valence-electron chi connectivity index (χ1n) is 3.49. The van der Waals surface area contributed by atoms with Gasteiger partial charge in [0, 0.05) is 12.4 Å². The highest BCUT2D eigenvalue weighted by Gasteiger charge is 2.01. The second-order valence-corrected chi connectivity index (χ2v) is 3.45. The Hall–Kier alpha value is -1.29. The third kappa shape index (κ3) is 1.00. The van der Waals surface area contributed by atoms with Crippen LogP contribution in [0.2, 0.25) is 0 Å². The number of pyridine rings is 1. The topological polar surface area (TPSA) is 38.5 Å². The van der Waals surface area contributed by atoms with Gasteiger partial charge < -0.3 is 4.40 Å². The molecular formula is C8H7NO2S. The number of nitrogens with zero attached hydrogens (tertiary/aromatic N) is 1. The number of hydrogen-bond donors (Lipinski definition) is 1. The molecule has 0 aromatic carbocycles. The first-order valence-corrected chi connectivity index (χ1v) is 4.67. The van der Waals surface area contributed by atoms with Crippen LogP contribution in [0, 0.1) is 0 Å². The molecule has 2 heterocycles. The molecule has 3 nitrogen and oxygen atoms in total. The Morgan fingerprint density at radius 3 is 2.67 bits per heavy atom. The van der Waals surface area contributed by atoms with Crippen LogP contribution in [-0.2, 0) is 10.7 Å².